The first-order chi connectivity index (χ1) is 17.3. The maximum absolute atomic E-state index is 12.6. The van der Waals surface area contributed by atoms with E-state index in [1.165, 1.54) is 67.3 Å². The van der Waals surface area contributed by atoms with Crippen molar-refractivity contribution in [3.05, 3.63) is 96.2 Å². The molecule has 1 aromatic heterocycles. The van der Waals surface area contributed by atoms with Crippen LogP contribution in [0.2, 0.25) is 0 Å². The minimum Gasteiger partial charge on any atom is -0.361 e. The second-order valence-electron chi connectivity index (χ2n) is 9.94. The predicted octanol–water partition coefficient (Wildman–Crippen LogP) is 7.85. The molecule has 0 saturated carbocycles. The highest BCUT2D eigenvalue weighted by Gasteiger charge is 2.22. The molecule has 1 fully saturated rings. The number of para-hydroxylation sites is 1. The summed E-state index contributed by atoms with van der Waals surface area (Å²) in [5.74, 6) is 0.944. The number of benzene rings is 3. The lowest BCUT2D eigenvalue weighted by Gasteiger charge is -2.32. The van der Waals surface area contributed by atoms with Gasteiger partial charge in [0.05, 0.1) is 0 Å². The number of unbranched alkanes of at least 4 members (excludes halogenated alkanes) is 3. The normalized spacial score (nSPS) is 15.0. The molecule has 1 aliphatic heterocycles. The molecule has 35 heavy (non-hydrogen) atoms. The third-order valence-corrected chi connectivity index (χ3v) is 7.59. The molecule has 0 spiro atoms. The van der Waals surface area contributed by atoms with Crippen LogP contribution in [0, 0.1) is 0 Å². The van der Waals surface area contributed by atoms with Gasteiger partial charge in [-0.2, -0.15) is 0 Å². The molecule has 0 bridgehead atoms. The number of aromatic nitrogens is 1. The van der Waals surface area contributed by atoms with Crippen LogP contribution in [0.15, 0.2) is 85.1 Å². The summed E-state index contributed by atoms with van der Waals surface area (Å²) >= 11 is 0. The topological polar surface area (TPSA) is 36.1 Å². The number of likely N-dealkylation sites (tertiary alicyclic amines) is 1. The van der Waals surface area contributed by atoms with Gasteiger partial charge in [-0.3, -0.25) is 4.79 Å². The zero-order valence-electron chi connectivity index (χ0n) is 20.6. The van der Waals surface area contributed by atoms with E-state index < -0.39 is 0 Å². The summed E-state index contributed by atoms with van der Waals surface area (Å²) < 4.78 is 0. The maximum atomic E-state index is 12.6. The number of carbonyl (C=O) groups excluding carboxylic acids is 1. The summed E-state index contributed by atoms with van der Waals surface area (Å²) in [5.41, 5.74) is 5.94. The van der Waals surface area contributed by atoms with E-state index in [-0.39, 0.29) is 5.78 Å². The zero-order chi connectivity index (χ0) is 23.9. The molecule has 1 N–H and O–H groups in total. The molecule has 180 valence electrons. The molecular formula is C32H36N2O. The van der Waals surface area contributed by atoms with Gasteiger partial charge in [0.2, 0.25) is 0 Å². The van der Waals surface area contributed by atoms with E-state index in [0.29, 0.717) is 12.3 Å². The standard InChI is InChI=1S/C32H36N2O/c35-32(28-17-15-26(16-18-28)25-10-4-3-5-11-25)14-6-1-2-9-21-34-22-19-27(20-23-34)30-24-33-31-13-8-7-12-29(30)31/h3-5,7-8,10-13,15-18,24,27,33H,1-2,6,9,14,19-23H2. The zero-order valence-corrected chi connectivity index (χ0v) is 20.6. The summed E-state index contributed by atoms with van der Waals surface area (Å²) in [7, 11) is 0. The molecular weight excluding hydrogens is 428 g/mol. The van der Waals surface area contributed by atoms with Gasteiger partial charge in [-0.15, -0.1) is 0 Å². The fraction of sp³-hybridized carbons (Fsp3) is 0.344. The van der Waals surface area contributed by atoms with Crippen LogP contribution in [-0.2, 0) is 0 Å². The monoisotopic (exact) mass is 464 g/mol. The molecule has 0 unspecified atom stereocenters. The Balaban J connectivity index is 0.975. The average Bonchev–Trinajstić information content (AvgIpc) is 3.36. The van der Waals surface area contributed by atoms with Gasteiger partial charge in [-0.1, -0.05) is 85.6 Å². The lowest BCUT2D eigenvalue weighted by atomic mass is 9.89. The molecule has 3 aromatic carbocycles. The number of Topliss-reactive ketones (excluding diaryl/α,β-unsaturated/α-hetero) is 1. The highest BCUT2D eigenvalue weighted by Crippen LogP contribution is 2.33. The number of hydrogen-bond acceptors (Lipinski definition) is 2. The van der Waals surface area contributed by atoms with E-state index in [0.717, 1.165) is 24.0 Å². The van der Waals surface area contributed by atoms with Crippen molar-refractivity contribution in [2.75, 3.05) is 19.6 Å². The maximum Gasteiger partial charge on any atom is 0.162 e. The summed E-state index contributed by atoms with van der Waals surface area (Å²) in [4.78, 5) is 18.6. The van der Waals surface area contributed by atoms with Crippen LogP contribution in [0.4, 0.5) is 0 Å². The first-order valence-electron chi connectivity index (χ1n) is 13.2. The highest BCUT2D eigenvalue weighted by atomic mass is 16.1. The number of nitrogens with one attached hydrogen (secondary N) is 1. The Morgan fingerprint density at radius 3 is 2.26 bits per heavy atom. The number of H-pyrrole nitrogens is 1. The van der Waals surface area contributed by atoms with E-state index in [9.17, 15) is 4.79 Å². The van der Waals surface area contributed by atoms with E-state index >= 15 is 0 Å². The van der Waals surface area contributed by atoms with Crippen molar-refractivity contribution >= 4 is 16.7 Å². The molecule has 1 saturated heterocycles. The fourth-order valence-electron chi connectivity index (χ4n) is 5.50. The second-order valence-corrected chi connectivity index (χ2v) is 9.94. The lowest BCUT2D eigenvalue weighted by Crippen LogP contribution is -2.33. The summed E-state index contributed by atoms with van der Waals surface area (Å²) in [6.07, 6.45) is 9.95. The first-order valence-corrected chi connectivity index (χ1v) is 13.2. The molecule has 5 rings (SSSR count). The van der Waals surface area contributed by atoms with Crippen LogP contribution in [0.25, 0.3) is 22.0 Å². The number of carbonyl (C=O) groups is 1. The van der Waals surface area contributed by atoms with Crippen molar-refractivity contribution in [2.24, 2.45) is 0 Å². The van der Waals surface area contributed by atoms with E-state index in [2.05, 4.69) is 64.6 Å². The van der Waals surface area contributed by atoms with E-state index in [4.69, 9.17) is 0 Å². The van der Waals surface area contributed by atoms with Gasteiger partial charge in [-0.05, 0) is 74.0 Å². The number of aromatic amines is 1. The van der Waals surface area contributed by atoms with E-state index in [1.807, 2.05) is 30.3 Å². The fourth-order valence-corrected chi connectivity index (χ4v) is 5.50. The smallest absolute Gasteiger partial charge is 0.162 e. The van der Waals surface area contributed by atoms with Gasteiger partial charge < -0.3 is 9.88 Å². The number of fused-ring (bicyclic) bond motifs is 1. The third-order valence-electron chi connectivity index (χ3n) is 7.59. The Morgan fingerprint density at radius 2 is 1.46 bits per heavy atom. The Labute approximate surface area is 209 Å². The van der Waals surface area contributed by atoms with Gasteiger partial charge in [0.25, 0.3) is 0 Å². The molecule has 2 heterocycles. The molecule has 1 aliphatic rings. The van der Waals surface area contributed by atoms with Crippen LogP contribution >= 0.6 is 0 Å². The van der Waals surface area contributed by atoms with Crippen molar-refractivity contribution in [1.82, 2.24) is 9.88 Å². The largest absolute Gasteiger partial charge is 0.361 e. The number of ketones is 1. The summed E-state index contributed by atoms with van der Waals surface area (Å²) in [6, 6.07) is 27.0. The van der Waals surface area contributed by atoms with Crippen LogP contribution in [-0.4, -0.2) is 35.3 Å². The first kappa shape index (κ1) is 23.6. The molecule has 3 nitrogen and oxygen atoms in total. The van der Waals surface area contributed by atoms with Gasteiger partial charge in [0, 0.05) is 29.1 Å². The lowest BCUT2D eigenvalue weighted by molar-refractivity contribution is 0.0979. The minimum absolute atomic E-state index is 0.268. The van der Waals surface area contributed by atoms with Gasteiger partial charge in [-0.25, -0.2) is 0 Å². The number of piperidine rings is 1. The molecule has 0 radical (unpaired) electrons. The molecule has 4 aromatic rings. The SMILES string of the molecule is O=C(CCCCCCN1CCC(c2c[nH]c3ccccc23)CC1)c1ccc(-c2ccccc2)cc1. The quantitative estimate of drug-likeness (QED) is 0.192. The molecule has 0 amide bonds. The van der Waals surface area contributed by atoms with Gasteiger partial charge in [0.15, 0.2) is 5.78 Å². The van der Waals surface area contributed by atoms with Gasteiger partial charge >= 0.3 is 0 Å². The average molecular weight is 465 g/mol. The number of nitrogens with zero attached hydrogens (tertiary/aromatic N) is 1. The Bertz CT molecular complexity index is 1220. The summed E-state index contributed by atoms with van der Waals surface area (Å²) in [6.45, 7) is 3.58. The Hall–Kier alpha value is -3.17. The van der Waals surface area contributed by atoms with Crippen molar-refractivity contribution in [3.63, 3.8) is 0 Å². The summed E-state index contributed by atoms with van der Waals surface area (Å²) in [5, 5.41) is 1.40. The molecule has 0 aliphatic carbocycles. The van der Waals surface area contributed by atoms with Crippen molar-refractivity contribution < 1.29 is 4.79 Å². The number of rotatable bonds is 10. The number of hydrogen-bond donors (Lipinski definition) is 1. The highest BCUT2D eigenvalue weighted by molar-refractivity contribution is 5.96. The minimum atomic E-state index is 0.268. The molecule has 3 heteroatoms. The van der Waals surface area contributed by atoms with Crippen LogP contribution < -0.4 is 0 Å². The van der Waals surface area contributed by atoms with Crippen molar-refractivity contribution in [3.8, 4) is 11.1 Å². The van der Waals surface area contributed by atoms with Crippen LogP contribution in [0.1, 0.15) is 66.8 Å². The predicted molar refractivity (Wildman–Crippen MR) is 146 cm³/mol. The van der Waals surface area contributed by atoms with E-state index in [1.54, 1.807) is 0 Å². The molecule has 0 atom stereocenters. The Kier molecular flexibility index (Phi) is 7.75. The van der Waals surface area contributed by atoms with Crippen molar-refractivity contribution in [2.45, 2.75) is 50.9 Å². The van der Waals surface area contributed by atoms with Gasteiger partial charge in [0.1, 0.15) is 0 Å². The van der Waals surface area contributed by atoms with Crippen molar-refractivity contribution in [1.29, 1.82) is 0 Å². The Morgan fingerprint density at radius 1 is 0.771 bits per heavy atom. The second kappa shape index (κ2) is 11.5. The third kappa shape index (κ3) is 5.91. The van der Waals surface area contributed by atoms with Crippen LogP contribution in [0.5, 0.6) is 0 Å². The van der Waals surface area contributed by atoms with Crippen LogP contribution in [0.3, 0.4) is 0 Å².